The predicted octanol–water partition coefficient (Wildman–Crippen LogP) is 2.37. The largest absolute Gasteiger partial charge is 0.326 e. The molecule has 1 heterocycles. The van der Waals surface area contributed by atoms with Crippen LogP contribution in [-0.2, 0) is 4.79 Å². The van der Waals surface area contributed by atoms with Crippen LogP contribution in [0.4, 0.5) is 0 Å². The van der Waals surface area contributed by atoms with E-state index in [9.17, 15) is 4.79 Å². The van der Waals surface area contributed by atoms with E-state index in [1.165, 1.54) is 6.42 Å². The third-order valence-corrected chi connectivity index (χ3v) is 3.33. The highest BCUT2D eigenvalue weighted by Crippen LogP contribution is 2.17. The number of hydrogen-bond acceptors (Lipinski definition) is 2. The molecule has 1 fully saturated rings. The summed E-state index contributed by atoms with van der Waals surface area (Å²) in [5.41, 5.74) is 0. The van der Waals surface area contributed by atoms with Gasteiger partial charge in [-0.1, -0.05) is 27.7 Å². The lowest BCUT2D eigenvalue weighted by Gasteiger charge is -2.23. The molecule has 2 atom stereocenters. The molecule has 0 aromatic heterocycles. The molecule has 0 aliphatic carbocycles. The number of rotatable bonds is 6. The Kier molecular flexibility index (Phi) is 5.26. The normalized spacial score (nSPS) is 25.8. The van der Waals surface area contributed by atoms with Crippen molar-refractivity contribution in [2.75, 3.05) is 6.54 Å². The second kappa shape index (κ2) is 6.24. The van der Waals surface area contributed by atoms with Gasteiger partial charge in [-0.05, 0) is 31.6 Å². The van der Waals surface area contributed by atoms with Gasteiger partial charge in [-0.3, -0.25) is 10.1 Å². The highest BCUT2D eigenvalue weighted by Gasteiger charge is 2.35. The summed E-state index contributed by atoms with van der Waals surface area (Å²) in [6, 6.07) is 0.0593. The van der Waals surface area contributed by atoms with Crippen molar-refractivity contribution in [1.82, 2.24) is 10.2 Å². The molecule has 0 aromatic rings. The van der Waals surface area contributed by atoms with Crippen molar-refractivity contribution in [1.29, 1.82) is 0 Å². The van der Waals surface area contributed by atoms with Gasteiger partial charge in [0.2, 0.25) is 5.91 Å². The molecule has 1 aliphatic heterocycles. The van der Waals surface area contributed by atoms with Crippen LogP contribution in [0, 0.1) is 5.92 Å². The molecule has 94 valence electrons. The fourth-order valence-corrected chi connectivity index (χ4v) is 2.31. The van der Waals surface area contributed by atoms with Crippen LogP contribution in [-0.4, -0.2) is 29.6 Å². The molecule has 1 aliphatic rings. The Morgan fingerprint density at radius 3 is 2.50 bits per heavy atom. The monoisotopic (exact) mass is 226 g/mol. The Bertz CT molecular complexity index is 228. The Morgan fingerprint density at radius 2 is 2.00 bits per heavy atom. The van der Waals surface area contributed by atoms with Crippen LogP contribution in [0.25, 0.3) is 0 Å². The van der Waals surface area contributed by atoms with E-state index in [2.05, 4.69) is 33.0 Å². The summed E-state index contributed by atoms with van der Waals surface area (Å²) in [5.74, 6) is 1.03. The molecule has 0 radical (unpaired) electrons. The zero-order chi connectivity index (χ0) is 12.1. The average Bonchev–Trinajstić information content (AvgIpc) is 2.55. The molecule has 3 heteroatoms. The standard InChI is InChI=1S/C13H26N2O/c1-5-11-13(16)15(12(6-2)14-11)9-7-8-10(3)4/h10-12,14H,5-9H2,1-4H3. The molecule has 0 spiro atoms. The van der Waals surface area contributed by atoms with E-state index >= 15 is 0 Å². The summed E-state index contributed by atoms with van der Waals surface area (Å²) in [4.78, 5) is 14.1. The lowest BCUT2D eigenvalue weighted by molar-refractivity contribution is -0.130. The Morgan fingerprint density at radius 1 is 1.31 bits per heavy atom. The van der Waals surface area contributed by atoms with Gasteiger partial charge in [-0.15, -0.1) is 0 Å². The molecule has 3 nitrogen and oxygen atoms in total. The van der Waals surface area contributed by atoms with Crippen molar-refractivity contribution in [3.05, 3.63) is 0 Å². The molecule has 1 amide bonds. The molecular weight excluding hydrogens is 200 g/mol. The summed E-state index contributed by atoms with van der Waals surface area (Å²) in [6.07, 6.45) is 4.50. The minimum Gasteiger partial charge on any atom is -0.326 e. The van der Waals surface area contributed by atoms with Gasteiger partial charge in [0, 0.05) is 6.54 Å². The van der Waals surface area contributed by atoms with Crippen LogP contribution >= 0.6 is 0 Å². The summed E-state index contributed by atoms with van der Waals surface area (Å²) < 4.78 is 0. The third kappa shape index (κ3) is 3.21. The van der Waals surface area contributed by atoms with Crippen molar-refractivity contribution in [3.8, 4) is 0 Å². The maximum atomic E-state index is 12.0. The van der Waals surface area contributed by atoms with E-state index in [1.54, 1.807) is 0 Å². The summed E-state index contributed by atoms with van der Waals surface area (Å²) in [5, 5.41) is 3.40. The second-order valence-corrected chi connectivity index (χ2v) is 5.12. The minimum absolute atomic E-state index is 0.0593. The van der Waals surface area contributed by atoms with Gasteiger partial charge in [0.1, 0.15) is 0 Å². The van der Waals surface area contributed by atoms with E-state index < -0.39 is 0 Å². The van der Waals surface area contributed by atoms with Crippen molar-refractivity contribution in [2.24, 2.45) is 5.92 Å². The van der Waals surface area contributed by atoms with Crippen molar-refractivity contribution in [3.63, 3.8) is 0 Å². The van der Waals surface area contributed by atoms with Gasteiger partial charge in [-0.25, -0.2) is 0 Å². The van der Waals surface area contributed by atoms with E-state index in [4.69, 9.17) is 0 Å². The Labute approximate surface area is 99.6 Å². The average molecular weight is 226 g/mol. The Balaban J connectivity index is 2.46. The molecule has 0 aromatic carbocycles. The lowest BCUT2D eigenvalue weighted by Crippen LogP contribution is -2.37. The smallest absolute Gasteiger partial charge is 0.241 e. The first kappa shape index (κ1) is 13.5. The molecular formula is C13H26N2O. The van der Waals surface area contributed by atoms with Crippen LogP contribution < -0.4 is 5.32 Å². The van der Waals surface area contributed by atoms with E-state index in [0.717, 1.165) is 31.7 Å². The number of carbonyl (C=O) groups excluding carboxylic acids is 1. The van der Waals surface area contributed by atoms with Crippen LogP contribution in [0.5, 0.6) is 0 Å². The van der Waals surface area contributed by atoms with Crippen LogP contribution in [0.1, 0.15) is 53.4 Å². The molecule has 1 rings (SSSR count). The molecule has 0 saturated carbocycles. The number of nitrogens with one attached hydrogen (secondary N) is 1. The van der Waals surface area contributed by atoms with Gasteiger partial charge < -0.3 is 4.90 Å². The number of amides is 1. The highest BCUT2D eigenvalue weighted by molar-refractivity contribution is 5.84. The zero-order valence-corrected chi connectivity index (χ0v) is 11.1. The number of hydrogen-bond donors (Lipinski definition) is 1. The van der Waals surface area contributed by atoms with Gasteiger partial charge in [0.15, 0.2) is 0 Å². The minimum atomic E-state index is 0.0593. The zero-order valence-electron chi connectivity index (χ0n) is 11.1. The molecule has 1 N–H and O–H groups in total. The highest BCUT2D eigenvalue weighted by atomic mass is 16.2. The Hall–Kier alpha value is -0.570. The fourth-order valence-electron chi connectivity index (χ4n) is 2.31. The summed E-state index contributed by atoms with van der Waals surface area (Å²) >= 11 is 0. The summed E-state index contributed by atoms with van der Waals surface area (Å²) in [6.45, 7) is 9.59. The van der Waals surface area contributed by atoms with Crippen LogP contribution in [0.15, 0.2) is 0 Å². The van der Waals surface area contributed by atoms with Crippen LogP contribution in [0.2, 0.25) is 0 Å². The van der Waals surface area contributed by atoms with Gasteiger partial charge >= 0.3 is 0 Å². The lowest BCUT2D eigenvalue weighted by atomic mass is 10.1. The first-order chi connectivity index (χ1) is 7.60. The van der Waals surface area contributed by atoms with Gasteiger partial charge in [0.05, 0.1) is 12.2 Å². The quantitative estimate of drug-likeness (QED) is 0.754. The molecule has 0 bridgehead atoms. The van der Waals surface area contributed by atoms with E-state index in [-0.39, 0.29) is 12.2 Å². The van der Waals surface area contributed by atoms with Crippen molar-refractivity contribution >= 4 is 5.91 Å². The predicted molar refractivity (Wildman–Crippen MR) is 67.1 cm³/mol. The second-order valence-electron chi connectivity index (χ2n) is 5.12. The number of nitrogens with zero attached hydrogens (tertiary/aromatic N) is 1. The third-order valence-electron chi connectivity index (χ3n) is 3.33. The molecule has 2 unspecified atom stereocenters. The fraction of sp³-hybridized carbons (Fsp3) is 0.923. The SMILES string of the molecule is CCC1NC(CC)N(CCCC(C)C)C1=O. The van der Waals surface area contributed by atoms with Crippen LogP contribution in [0.3, 0.4) is 0 Å². The van der Waals surface area contributed by atoms with Crippen molar-refractivity contribution in [2.45, 2.75) is 65.6 Å². The topological polar surface area (TPSA) is 32.3 Å². The first-order valence-electron chi connectivity index (χ1n) is 6.66. The molecule has 16 heavy (non-hydrogen) atoms. The number of carbonyl (C=O) groups is 1. The van der Waals surface area contributed by atoms with E-state index in [0.29, 0.717) is 5.91 Å². The summed E-state index contributed by atoms with van der Waals surface area (Å²) in [7, 11) is 0. The first-order valence-corrected chi connectivity index (χ1v) is 6.66. The van der Waals surface area contributed by atoms with E-state index in [1.807, 2.05) is 4.90 Å². The maximum absolute atomic E-state index is 12.0. The van der Waals surface area contributed by atoms with Gasteiger partial charge in [0.25, 0.3) is 0 Å². The van der Waals surface area contributed by atoms with Gasteiger partial charge in [-0.2, -0.15) is 0 Å². The maximum Gasteiger partial charge on any atom is 0.241 e. The van der Waals surface area contributed by atoms with Crippen molar-refractivity contribution < 1.29 is 4.79 Å². The molecule has 1 saturated heterocycles.